The number of imidazole rings is 1. The molecule has 182 valence electrons. The first-order chi connectivity index (χ1) is 17.7. The quantitative estimate of drug-likeness (QED) is 0.265. The van der Waals surface area contributed by atoms with Gasteiger partial charge < -0.3 is 10.3 Å². The molecule has 0 saturated carbocycles. The maximum Gasteiger partial charge on any atom is 0.124 e. The Bertz CT molecular complexity index is 1320. The van der Waals surface area contributed by atoms with Crippen molar-refractivity contribution in [2.24, 2.45) is 0 Å². The van der Waals surface area contributed by atoms with Crippen LogP contribution in [0, 0.1) is 0 Å². The van der Waals surface area contributed by atoms with Crippen molar-refractivity contribution < 1.29 is 0 Å². The SMILES string of the molecule is CC(c1nc2ccccc2[nH]1)N(CCc1ccccn1)Cc1ccc(CNCc2ccccn2)cc1. The molecule has 0 saturated heterocycles. The van der Waals surface area contributed by atoms with Crippen LogP contribution in [0.4, 0.5) is 0 Å². The summed E-state index contributed by atoms with van der Waals surface area (Å²) >= 11 is 0. The number of para-hydroxylation sites is 2. The van der Waals surface area contributed by atoms with Gasteiger partial charge in [-0.3, -0.25) is 14.9 Å². The average molecular weight is 477 g/mol. The van der Waals surface area contributed by atoms with Crippen LogP contribution in [0.25, 0.3) is 11.0 Å². The molecule has 3 heterocycles. The third-order valence-corrected chi connectivity index (χ3v) is 6.50. The number of pyridine rings is 2. The Morgan fingerprint density at radius 1 is 0.778 bits per heavy atom. The molecule has 6 heteroatoms. The molecule has 0 spiro atoms. The molecule has 5 aromatic rings. The molecule has 1 unspecified atom stereocenters. The second kappa shape index (κ2) is 11.7. The summed E-state index contributed by atoms with van der Waals surface area (Å²) in [7, 11) is 0. The van der Waals surface area contributed by atoms with E-state index < -0.39 is 0 Å². The van der Waals surface area contributed by atoms with E-state index in [-0.39, 0.29) is 6.04 Å². The van der Waals surface area contributed by atoms with Gasteiger partial charge in [-0.05, 0) is 54.4 Å². The summed E-state index contributed by atoms with van der Waals surface area (Å²) in [5, 5.41) is 3.48. The topological polar surface area (TPSA) is 69.7 Å². The van der Waals surface area contributed by atoms with Crippen LogP contribution in [0.15, 0.2) is 97.3 Å². The van der Waals surface area contributed by atoms with Crippen molar-refractivity contribution in [2.75, 3.05) is 6.54 Å². The number of aromatic amines is 1. The minimum absolute atomic E-state index is 0.140. The summed E-state index contributed by atoms with van der Waals surface area (Å²) in [4.78, 5) is 19.8. The second-order valence-electron chi connectivity index (χ2n) is 9.10. The average Bonchev–Trinajstić information content (AvgIpc) is 3.37. The van der Waals surface area contributed by atoms with Crippen LogP contribution in [0.5, 0.6) is 0 Å². The van der Waals surface area contributed by atoms with Crippen molar-refractivity contribution in [2.45, 2.75) is 39.0 Å². The lowest BCUT2D eigenvalue weighted by molar-refractivity contribution is 0.197. The van der Waals surface area contributed by atoms with Crippen molar-refractivity contribution in [3.63, 3.8) is 0 Å². The van der Waals surface area contributed by atoms with Crippen molar-refractivity contribution in [1.82, 2.24) is 30.2 Å². The van der Waals surface area contributed by atoms with E-state index in [2.05, 4.69) is 80.6 Å². The summed E-state index contributed by atoms with van der Waals surface area (Å²) in [5.74, 6) is 0.993. The van der Waals surface area contributed by atoms with Crippen molar-refractivity contribution >= 4 is 11.0 Å². The lowest BCUT2D eigenvalue weighted by atomic mass is 10.1. The molecular formula is C30H32N6. The molecule has 0 fully saturated rings. The molecule has 6 nitrogen and oxygen atoms in total. The van der Waals surface area contributed by atoms with Crippen LogP contribution in [0.2, 0.25) is 0 Å². The highest BCUT2D eigenvalue weighted by Crippen LogP contribution is 2.23. The largest absolute Gasteiger partial charge is 0.341 e. The zero-order valence-corrected chi connectivity index (χ0v) is 20.6. The predicted octanol–water partition coefficient (Wildman–Crippen LogP) is 5.45. The molecule has 0 aliphatic rings. The highest BCUT2D eigenvalue weighted by atomic mass is 15.2. The Labute approximate surface area is 212 Å². The van der Waals surface area contributed by atoms with Crippen molar-refractivity contribution in [1.29, 1.82) is 0 Å². The molecule has 3 aromatic heterocycles. The number of aromatic nitrogens is 4. The summed E-state index contributed by atoms with van der Waals surface area (Å²) in [6.07, 6.45) is 4.58. The van der Waals surface area contributed by atoms with Crippen LogP contribution in [0.1, 0.15) is 41.3 Å². The van der Waals surface area contributed by atoms with Gasteiger partial charge in [-0.2, -0.15) is 0 Å². The fourth-order valence-corrected chi connectivity index (χ4v) is 4.39. The van der Waals surface area contributed by atoms with Crippen molar-refractivity contribution in [3.05, 3.63) is 126 Å². The first kappa shape index (κ1) is 23.9. The maximum absolute atomic E-state index is 4.88. The van der Waals surface area contributed by atoms with Gasteiger partial charge in [0.05, 0.1) is 22.8 Å². The van der Waals surface area contributed by atoms with Gasteiger partial charge in [-0.15, -0.1) is 0 Å². The zero-order valence-electron chi connectivity index (χ0n) is 20.6. The third-order valence-electron chi connectivity index (χ3n) is 6.50. The molecular weight excluding hydrogens is 444 g/mol. The van der Waals surface area contributed by atoms with Crippen LogP contribution < -0.4 is 5.32 Å². The van der Waals surface area contributed by atoms with Crippen LogP contribution in [-0.4, -0.2) is 31.4 Å². The van der Waals surface area contributed by atoms with Crippen LogP contribution >= 0.6 is 0 Å². The summed E-state index contributed by atoms with van der Waals surface area (Å²) < 4.78 is 0. The van der Waals surface area contributed by atoms with E-state index in [0.717, 1.165) is 60.8 Å². The molecule has 2 aromatic carbocycles. The highest BCUT2D eigenvalue weighted by molar-refractivity contribution is 5.74. The molecule has 0 aliphatic carbocycles. The number of hydrogen-bond donors (Lipinski definition) is 2. The van der Waals surface area contributed by atoms with Crippen LogP contribution in [-0.2, 0) is 26.1 Å². The Morgan fingerprint density at radius 2 is 1.47 bits per heavy atom. The molecule has 0 radical (unpaired) electrons. The third kappa shape index (κ3) is 6.22. The lowest BCUT2D eigenvalue weighted by Crippen LogP contribution is -2.29. The number of nitrogens with zero attached hydrogens (tertiary/aromatic N) is 4. The van der Waals surface area contributed by atoms with Gasteiger partial charge in [0.2, 0.25) is 0 Å². The van der Waals surface area contributed by atoms with Gasteiger partial charge in [-0.25, -0.2) is 4.98 Å². The number of rotatable bonds is 11. The van der Waals surface area contributed by atoms with Gasteiger partial charge in [0, 0.05) is 50.7 Å². The molecule has 0 aliphatic heterocycles. The minimum Gasteiger partial charge on any atom is -0.341 e. The smallest absolute Gasteiger partial charge is 0.124 e. The minimum atomic E-state index is 0.140. The normalized spacial score (nSPS) is 12.3. The molecule has 2 N–H and O–H groups in total. The fraction of sp³-hybridized carbons (Fsp3) is 0.233. The fourth-order valence-electron chi connectivity index (χ4n) is 4.39. The highest BCUT2D eigenvalue weighted by Gasteiger charge is 2.20. The summed E-state index contributed by atoms with van der Waals surface area (Å²) in [5.41, 5.74) is 6.79. The van der Waals surface area contributed by atoms with E-state index in [1.54, 1.807) is 0 Å². The Kier molecular flexibility index (Phi) is 7.76. The van der Waals surface area contributed by atoms with Gasteiger partial charge in [0.1, 0.15) is 5.82 Å². The molecule has 5 rings (SSSR count). The molecule has 36 heavy (non-hydrogen) atoms. The van der Waals surface area contributed by atoms with Crippen LogP contribution in [0.3, 0.4) is 0 Å². The van der Waals surface area contributed by atoms with E-state index >= 15 is 0 Å². The number of nitrogens with one attached hydrogen (secondary N) is 2. The van der Waals surface area contributed by atoms with E-state index in [1.807, 2.05) is 48.8 Å². The Hall–Kier alpha value is -3.87. The van der Waals surface area contributed by atoms with Gasteiger partial charge in [-0.1, -0.05) is 48.5 Å². The summed E-state index contributed by atoms with van der Waals surface area (Å²) in [6.45, 7) is 5.54. The van der Waals surface area contributed by atoms with E-state index in [9.17, 15) is 0 Å². The first-order valence-electron chi connectivity index (χ1n) is 12.5. The van der Waals surface area contributed by atoms with E-state index in [4.69, 9.17) is 4.98 Å². The van der Waals surface area contributed by atoms with E-state index in [0.29, 0.717) is 0 Å². The first-order valence-corrected chi connectivity index (χ1v) is 12.5. The summed E-state index contributed by atoms with van der Waals surface area (Å²) in [6, 6.07) is 29.3. The monoisotopic (exact) mass is 476 g/mol. The number of hydrogen-bond acceptors (Lipinski definition) is 5. The molecule has 0 bridgehead atoms. The van der Waals surface area contributed by atoms with Gasteiger partial charge >= 0.3 is 0 Å². The van der Waals surface area contributed by atoms with Gasteiger partial charge in [0.15, 0.2) is 0 Å². The molecule has 0 amide bonds. The predicted molar refractivity (Wildman–Crippen MR) is 144 cm³/mol. The zero-order chi connectivity index (χ0) is 24.6. The van der Waals surface area contributed by atoms with Crippen molar-refractivity contribution in [3.8, 4) is 0 Å². The number of fused-ring (bicyclic) bond motifs is 1. The van der Waals surface area contributed by atoms with E-state index in [1.165, 1.54) is 11.1 Å². The lowest BCUT2D eigenvalue weighted by Gasteiger charge is -2.28. The molecule has 1 atom stereocenters. The Morgan fingerprint density at radius 3 is 2.19 bits per heavy atom. The number of H-pyrrole nitrogens is 1. The second-order valence-corrected chi connectivity index (χ2v) is 9.10. The maximum atomic E-state index is 4.88. The van der Waals surface area contributed by atoms with Gasteiger partial charge in [0.25, 0.3) is 0 Å². The Balaban J connectivity index is 1.26. The standard InChI is InChI=1S/C30H32N6/c1-23(30-34-28-10-2-3-11-29(28)35-30)36(19-16-26-8-4-6-17-32-26)22-25-14-12-24(13-15-25)20-31-21-27-9-5-7-18-33-27/h2-15,17-18,23,31H,16,19-22H2,1H3,(H,34,35). The number of benzene rings is 2.